The molecule has 61 heavy (non-hydrogen) atoms. The van der Waals surface area contributed by atoms with Crippen molar-refractivity contribution >= 4 is 74.4 Å². The van der Waals surface area contributed by atoms with Gasteiger partial charge in [-0.05, 0) is 43.4 Å². The summed E-state index contributed by atoms with van der Waals surface area (Å²) in [6, 6.07) is 7.25. The van der Waals surface area contributed by atoms with Gasteiger partial charge in [-0.3, -0.25) is 38.6 Å². The molecule has 7 heterocycles. The third kappa shape index (κ3) is 8.50. The summed E-state index contributed by atoms with van der Waals surface area (Å²) in [6.07, 6.45) is 0.313. The Hall–Kier alpha value is -6.02. The molecule has 3 aliphatic rings. The molecule has 3 amide bonds. The number of aryl methyl sites for hydroxylation is 2. The number of piperazine rings is 1. The largest absolute Gasteiger partial charge is 0.478 e. The van der Waals surface area contributed by atoms with Crippen molar-refractivity contribution in [3.8, 4) is 5.75 Å². The predicted molar refractivity (Wildman–Crippen MR) is 221 cm³/mol. The summed E-state index contributed by atoms with van der Waals surface area (Å²) < 4.78 is 52.8. The number of hydrogen-bond donors (Lipinski definition) is 3. The molecule has 0 saturated carbocycles. The molecule has 0 bridgehead atoms. The summed E-state index contributed by atoms with van der Waals surface area (Å²) >= 11 is 6.47. The van der Waals surface area contributed by atoms with E-state index in [0.717, 1.165) is 16.6 Å². The number of nitrogens with zero attached hydrogens (tertiary/aromatic N) is 9. The smallest absolute Gasteiger partial charge is 0.405 e. The van der Waals surface area contributed by atoms with E-state index in [9.17, 15) is 32.3 Å². The molecule has 17 nitrogen and oxygen atoms in total. The van der Waals surface area contributed by atoms with Gasteiger partial charge in [0.1, 0.15) is 16.7 Å². The van der Waals surface area contributed by atoms with E-state index >= 15 is 0 Å². The highest BCUT2D eigenvalue weighted by atomic mass is 35.5. The standard InChI is InChI=1S/C40H44ClF3N12O5/c1-45-32(58)21-61-29-16-23-15-24(17-46-36(23)52(2)38(29)60)48-35-27(41)18-47-39(50-35)56-14-13-55(30(20-56)40(42,43)44)19-22-9-11-54(12-10-22)28-6-4-5-25-33(51-53(3)34(25)28)26-7-8-31(57)49-37(26)59/h4-6,15-18,22,26,30H,7-14,19-21H2,1-3H3,(H,45,58)(H,47,48,50)(H,49,57,59)/t26?,30-/m1/s1. The van der Waals surface area contributed by atoms with Crippen molar-refractivity contribution in [1.29, 1.82) is 0 Å². The molecular formula is C40H44ClF3N12O5. The molecule has 0 spiro atoms. The monoisotopic (exact) mass is 864 g/mol. The fraction of sp³-hybridized carbons (Fsp3) is 0.450. The first-order chi connectivity index (χ1) is 29.2. The van der Waals surface area contributed by atoms with Crippen molar-refractivity contribution in [1.82, 2.24) is 44.8 Å². The molecule has 5 aromatic rings. The van der Waals surface area contributed by atoms with Crippen LogP contribution in [0, 0.1) is 5.92 Å². The van der Waals surface area contributed by atoms with Crippen LogP contribution in [0.2, 0.25) is 5.02 Å². The van der Waals surface area contributed by atoms with Crippen LogP contribution in [0.4, 0.5) is 36.3 Å². The normalized spacial score (nSPS) is 19.4. The number of likely N-dealkylation sites (N-methyl/N-ethyl adjacent to an activating group) is 1. The Labute approximate surface area is 352 Å². The van der Waals surface area contributed by atoms with Gasteiger partial charge in [-0.1, -0.05) is 23.7 Å². The molecule has 21 heteroatoms. The summed E-state index contributed by atoms with van der Waals surface area (Å²) in [6.45, 7) is 1.26. The first-order valence-electron chi connectivity index (χ1n) is 19.9. The van der Waals surface area contributed by atoms with Crippen LogP contribution in [-0.4, -0.2) is 117 Å². The highest BCUT2D eigenvalue weighted by molar-refractivity contribution is 6.33. The number of anilines is 4. The van der Waals surface area contributed by atoms with Gasteiger partial charge in [0.2, 0.25) is 17.8 Å². The summed E-state index contributed by atoms with van der Waals surface area (Å²) in [5, 5.41) is 14.1. The molecular weight excluding hydrogens is 821 g/mol. The van der Waals surface area contributed by atoms with Crippen molar-refractivity contribution < 1.29 is 32.3 Å². The number of alkyl halides is 3. The number of hydrogen-bond acceptors (Lipinski definition) is 13. The van der Waals surface area contributed by atoms with E-state index in [4.69, 9.17) is 21.4 Å². The first kappa shape index (κ1) is 41.7. The van der Waals surface area contributed by atoms with Gasteiger partial charge in [0.15, 0.2) is 18.2 Å². The number of rotatable bonds is 10. The number of pyridine rings is 2. The van der Waals surface area contributed by atoms with Crippen LogP contribution < -0.4 is 36.0 Å². The van der Waals surface area contributed by atoms with Crippen LogP contribution in [-0.2, 0) is 28.5 Å². The molecule has 322 valence electrons. The highest BCUT2D eigenvalue weighted by Crippen LogP contribution is 2.37. The van der Waals surface area contributed by atoms with Crippen molar-refractivity contribution in [3.05, 3.63) is 63.8 Å². The molecule has 8 rings (SSSR count). The molecule has 1 aromatic carbocycles. The topological polar surface area (TPSA) is 185 Å². The number of ether oxygens (including phenoxy) is 1. The third-order valence-electron chi connectivity index (χ3n) is 11.7. The molecule has 3 fully saturated rings. The van der Waals surface area contributed by atoms with Crippen LogP contribution in [0.15, 0.2) is 47.5 Å². The van der Waals surface area contributed by atoms with E-state index < -0.39 is 29.6 Å². The Morgan fingerprint density at radius 3 is 2.54 bits per heavy atom. The molecule has 3 aliphatic heterocycles. The van der Waals surface area contributed by atoms with Crippen molar-refractivity contribution in [2.45, 2.75) is 43.8 Å². The lowest BCUT2D eigenvalue weighted by atomic mass is 9.92. The molecule has 0 aliphatic carbocycles. The maximum Gasteiger partial charge on any atom is 0.405 e. The summed E-state index contributed by atoms with van der Waals surface area (Å²) in [4.78, 5) is 67.4. The van der Waals surface area contributed by atoms with Gasteiger partial charge in [0, 0.05) is 77.6 Å². The average Bonchev–Trinajstić information content (AvgIpc) is 3.58. The van der Waals surface area contributed by atoms with E-state index in [0.29, 0.717) is 54.8 Å². The van der Waals surface area contributed by atoms with Crippen LogP contribution in [0.1, 0.15) is 37.3 Å². The van der Waals surface area contributed by atoms with E-state index in [-0.39, 0.29) is 79.5 Å². The fourth-order valence-corrected chi connectivity index (χ4v) is 8.62. The zero-order chi connectivity index (χ0) is 43.2. The van der Waals surface area contributed by atoms with Crippen LogP contribution in [0.25, 0.3) is 21.9 Å². The first-order valence-corrected chi connectivity index (χ1v) is 20.3. The fourth-order valence-electron chi connectivity index (χ4n) is 8.48. The van der Waals surface area contributed by atoms with E-state index in [1.807, 2.05) is 25.2 Å². The Kier molecular flexibility index (Phi) is 11.5. The number of fused-ring (bicyclic) bond motifs is 2. The number of halogens is 4. The molecule has 1 unspecified atom stereocenters. The number of aromatic nitrogens is 6. The SMILES string of the molecule is CNC(=O)COc1cc2cc(Nc3nc(N4CCN(CC5CCN(c6cccc7c(C8CCC(=O)NC8=O)nn(C)c67)CC5)[C@@H](C(F)(F)F)C4)ncc3Cl)cnc2n(C)c1=O. The Morgan fingerprint density at radius 2 is 1.80 bits per heavy atom. The second-order valence-corrected chi connectivity index (χ2v) is 16.0. The second kappa shape index (κ2) is 16.8. The molecule has 3 N–H and O–H groups in total. The third-order valence-corrected chi connectivity index (χ3v) is 12.0. The lowest BCUT2D eigenvalue weighted by Crippen LogP contribution is -2.60. The second-order valence-electron chi connectivity index (χ2n) is 15.6. The summed E-state index contributed by atoms with van der Waals surface area (Å²) in [7, 11) is 4.81. The van der Waals surface area contributed by atoms with Gasteiger partial charge < -0.3 is 25.2 Å². The summed E-state index contributed by atoms with van der Waals surface area (Å²) in [5.41, 5.74) is 2.75. The van der Waals surface area contributed by atoms with Gasteiger partial charge in [-0.2, -0.15) is 23.3 Å². The highest BCUT2D eigenvalue weighted by Gasteiger charge is 2.47. The molecule has 0 radical (unpaired) electrons. The molecule has 4 aromatic heterocycles. The number of benzene rings is 1. The maximum atomic E-state index is 14.8. The van der Waals surface area contributed by atoms with E-state index in [1.165, 1.54) is 46.9 Å². The zero-order valence-corrected chi connectivity index (χ0v) is 34.4. The van der Waals surface area contributed by atoms with Crippen LogP contribution in [0.5, 0.6) is 5.75 Å². The van der Waals surface area contributed by atoms with Crippen molar-refractivity contribution in [2.75, 3.05) is 68.0 Å². The Morgan fingerprint density at radius 1 is 1.02 bits per heavy atom. The number of imide groups is 1. The van der Waals surface area contributed by atoms with Gasteiger partial charge in [0.05, 0.1) is 40.9 Å². The van der Waals surface area contributed by atoms with E-state index in [1.54, 1.807) is 10.7 Å². The number of amides is 3. The van der Waals surface area contributed by atoms with Crippen LogP contribution >= 0.6 is 11.6 Å². The Balaban J connectivity index is 0.928. The Bertz CT molecular complexity index is 2580. The maximum absolute atomic E-state index is 14.8. The molecule has 3 saturated heterocycles. The van der Waals surface area contributed by atoms with Crippen LogP contribution in [0.3, 0.4) is 0 Å². The lowest BCUT2D eigenvalue weighted by Gasteiger charge is -2.44. The minimum Gasteiger partial charge on any atom is -0.478 e. The van der Waals surface area contributed by atoms with Gasteiger partial charge >= 0.3 is 6.18 Å². The van der Waals surface area contributed by atoms with Gasteiger partial charge in [0.25, 0.3) is 11.5 Å². The quantitative estimate of drug-likeness (QED) is 0.173. The van der Waals surface area contributed by atoms with E-state index in [2.05, 4.69) is 35.8 Å². The number of carbonyl (C=O) groups excluding carboxylic acids is 3. The average molecular weight is 865 g/mol. The molecule has 2 atom stereocenters. The predicted octanol–water partition coefficient (Wildman–Crippen LogP) is 3.62. The minimum absolute atomic E-state index is 0.0384. The lowest BCUT2D eigenvalue weighted by molar-refractivity contribution is -0.186. The number of para-hydroxylation sites is 1. The number of nitrogens with one attached hydrogen (secondary N) is 3. The number of piperidine rings is 2. The minimum atomic E-state index is -4.51. The zero-order valence-electron chi connectivity index (χ0n) is 33.6. The summed E-state index contributed by atoms with van der Waals surface area (Å²) in [5.74, 6) is -1.35. The van der Waals surface area contributed by atoms with Crippen molar-refractivity contribution in [3.63, 3.8) is 0 Å². The van der Waals surface area contributed by atoms with Gasteiger partial charge in [-0.25, -0.2) is 9.97 Å². The van der Waals surface area contributed by atoms with Gasteiger partial charge in [-0.15, -0.1) is 0 Å². The number of carbonyl (C=O) groups is 3. The van der Waals surface area contributed by atoms with Crippen molar-refractivity contribution in [2.24, 2.45) is 20.0 Å².